The summed E-state index contributed by atoms with van der Waals surface area (Å²) in [5, 5.41) is 2.00. The number of carbonyl (C=O) groups is 1. The normalized spacial score (nSPS) is 32.8. The lowest BCUT2D eigenvalue weighted by atomic mass is 9.97. The van der Waals surface area contributed by atoms with Crippen LogP contribution in [0.1, 0.15) is 12.8 Å². The molecule has 2 unspecified atom stereocenters. The Morgan fingerprint density at radius 1 is 1.47 bits per heavy atom. The molecule has 3 aliphatic heterocycles. The molecular weight excluding hydrogens is 220 g/mol. The summed E-state index contributed by atoms with van der Waals surface area (Å²) in [6.07, 6.45) is 4.31. The second-order valence-corrected chi connectivity index (χ2v) is 4.72. The molecule has 6 heteroatoms. The number of fused-ring (bicyclic) bond motifs is 1. The molecule has 0 saturated carbocycles. The quantitative estimate of drug-likeness (QED) is 0.583. The monoisotopic (exact) mass is 238 g/mol. The summed E-state index contributed by atoms with van der Waals surface area (Å²) in [5.74, 6) is 0.143. The predicted molar refractivity (Wildman–Crippen MR) is 61.4 cm³/mol. The Labute approximate surface area is 100 Å². The number of nitrogens with zero attached hydrogens (tertiary/aromatic N) is 1. The Bertz CT molecular complexity index is 338. The second-order valence-electron chi connectivity index (χ2n) is 4.72. The molecule has 2 atom stereocenters. The van der Waals surface area contributed by atoms with Gasteiger partial charge in [0.15, 0.2) is 0 Å². The minimum atomic E-state index is -0.234. The van der Waals surface area contributed by atoms with E-state index < -0.39 is 0 Å². The summed E-state index contributed by atoms with van der Waals surface area (Å²) in [6.45, 7) is 3.14. The van der Waals surface area contributed by atoms with Crippen LogP contribution in [-0.4, -0.2) is 43.3 Å². The van der Waals surface area contributed by atoms with Gasteiger partial charge in [0, 0.05) is 24.7 Å². The van der Waals surface area contributed by atoms with Crippen molar-refractivity contribution in [1.29, 1.82) is 0 Å². The van der Waals surface area contributed by atoms with Crippen LogP contribution >= 0.6 is 0 Å². The molecule has 2 saturated heterocycles. The van der Waals surface area contributed by atoms with Crippen LogP contribution in [0.5, 0.6) is 0 Å². The standard InChI is InChI=1S/C11H18N4O2/c16-11(14-15-4-1-2-5-15)10-8-7-17-6-3-9(8)12-13-10/h3,8,10,12-13H,1-2,4-7H2,(H,14,16). The third-order valence-corrected chi connectivity index (χ3v) is 3.55. The van der Waals surface area contributed by atoms with Gasteiger partial charge in [0.05, 0.1) is 13.2 Å². The van der Waals surface area contributed by atoms with E-state index in [0.29, 0.717) is 13.2 Å². The van der Waals surface area contributed by atoms with Crippen LogP contribution in [-0.2, 0) is 9.53 Å². The van der Waals surface area contributed by atoms with Crippen molar-refractivity contribution in [1.82, 2.24) is 21.3 Å². The van der Waals surface area contributed by atoms with Gasteiger partial charge in [-0.3, -0.25) is 10.2 Å². The first-order chi connectivity index (χ1) is 8.34. The lowest BCUT2D eigenvalue weighted by Gasteiger charge is -2.23. The molecule has 0 aromatic rings. The second kappa shape index (κ2) is 4.64. The third-order valence-electron chi connectivity index (χ3n) is 3.55. The van der Waals surface area contributed by atoms with Gasteiger partial charge >= 0.3 is 0 Å². The van der Waals surface area contributed by atoms with Crippen LogP contribution in [0.2, 0.25) is 0 Å². The maximum Gasteiger partial charge on any atom is 0.254 e. The van der Waals surface area contributed by atoms with Gasteiger partial charge in [-0.15, -0.1) is 0 Å². The number of hydrogen-bond donors (Lipinski definition) is 3. The lowest BCUT2D eigenvalue weighted by Crippen LogP contribution is -2.51. The summed E-state index contributed by atoms with van der Waals surface area (Å²) in [5.41, 5.74) is 10.1. The van der Waals surface area contributed by atoms with E-state index in [-0.39, 0.29) is 17.9 Å². The molecule has 3 aliphatic rings. The topological polar surface area (TPSA) is 65.6 Å². The summed E-state index contributed by atoms with van der Waals surface area (Å²) >= 11 is 0. The van der Waals surface area contributed by atoms with Gasteiger partial charge in [0.1, 0.15) is 6.04 Å². The van der Waals surface area contributed by atoms with Crippen molar-refractivity contribution in [2.75, 3.05) is 26.3 Å². The van der Waals surface area contributed by atoms with Crippen LogP contribution in [0.4, 0.5) is 0 Å². The molecule has 3 rings (SSSR count). The van der Waals surface area contributed by atoms with Crippen LogP contribution in [0.25, 0.3) is 0 Å². The Kier molecular flexibility index (Phi) is 3.00. The van der Waals surface area contributed by atoms with Crippen molar-refractivity contribution in [2.45, 2.75) is 18.9 Å². The maximum atomic E-state index is 12.1. The molecule has 0 bridgehead atoms. The zero-order chi connectivity index (χ0) is 11.7. The average molecular weight is 238 g/mol. The van der Waals surface area contributed by atoms with E-state index in [9.17, 15) is 4.79 Å². The van der Waals surface area contributed by atoms with Crippen LogP contribution in [0.15, 0.2) is 11.8 Å². The molecule has 3 N–H and O–H groups in total. The van der Waals surface area contributed by atoms with Gasteiger partial charge in [-0.25, -0.2) is 10.4 Å². The number of amides is 1. The van der Waals surface area contributed by atoms with Crippen molar-refractivity contribution in [3.63, 3.8) is 0 Å². The third kappa shape index (κ3) is 2.15. The highest BCUT2D eigenvalue weighted by molar-refractivity contribution is 5.82. The number of nitrogens with one attached hydrogen (secondary N) is 3. The Morgan fingerprint density at radius 2 is 2.29 bits per heavy atom. The van der Waals surface area contributed by atoms with Crippen LogP contribution < -0.4 is 16.3 Å². The molecule has 0 aliphatic carbocycles. The molecule has 17 heavy (non-hydrogen) atoms. The predicted octanol–water partition coefficient (Wildman–Crippen LogP) is -0.880. The molecule has 6 nitrogen and oxygen atoms in total. The minimum absolute atomic E-state index is 0.0262. The van der Waals surface area contributed by atoms with Crippen molar-refractivity contribution < 1.29 is 9.53 Å². The molecule has 0 aromatic heterocycles. The molecule has 0 radical (unpaired) electrons. The molecule has 3 heterocycles. The van der Waals surface area contributed by atoms with E-state index in [2.05, 4.69) is 16.3 Å². The highest BCUT2D eigenvalue weighted by Crippen LogP contribution is 2.22. The van der Waals surface area contributed by atoms with E-state index in [4.69, 9.17) is 4.74 Å². The minimum Gasteiger partial charge on any atom is -0.377 e. The first-order valence-electron chi connectivity index (χ1n) is 6.19. The number of rotatable bonds is 2. The fourth-order valence-corrected chi connectivity index (χ4v) is 2.57. The van der Waals surface area contributed by atoms with Crippen molar-refractivity contribution in [3.05, 3.63) is 11.8 Å². The largest absolute Gasteiger partial charge is 0.377 e. The average Bonchev–Trinajstić information content (AvgIpc) is 2.96. The number of hydrazine groups is 2. The summed E-state index contributed by atoms with van der Waals surface area (Å²) in [7, 11) is 0. The van der Waals surface area contributed by atoms with E-state index in [0.717, 1.165) is 31.6 Å². The smallest absolute Gasteiger partial charge is 0.254 e. The fourth-order valence-electron chi connectivity index (χ4n) is 2.57. The van der Waals surface area contributed by atoms with Crippen LogP contribution in [0, 0.1) is 5.92 Å². The van der Waals surface area contributed by atoms with Crippen molar-refractivity contribution >= 4 is 5.91 Å². The van der Waals surface area contributed by atoms with E-state index >= 15 is 0 Å². The van der Waals surface area contributed by atoms with Gasteiger partial charge in [0.2, 0.25) is 0 Å². The van der Waals surface area contributed by atoms with E-state index in [1.165, 1.54) is 0 Å². The van der Waals surface area contributed by atoms with Gasteiger partial charge in [-0.1, -0.05) is 0 Å². The Hall–Kier alpha value is -1.11. The Morgan fingerprint density at radius 3 is 3.12 bits per heavy atom. The number of hydrogen-bond acceptors (Lipinski definition) is 5. The van der Waals surface area contributed by atoms with Gasteiger partial charge < -0.3 is 10.2 Å². The zero-order valence-electron chi connectivity index (χ0n) is 9.74. The molecule has 2 fully saturated rings. The number of ether oxygens (including phenoxy) is 1. The van der Waals surface area contributed by atoms with Gasteiger partial charge in [-0.2, -0.15) is 0 Å². The van der Waals surface area contributed by atoms with Crippen molar-refractivity contribution in [3.8, 4) is 0 Å². The Balaban J connectivity index is 1.62. The highest BCUT2D eigenvalue weighted by Gasteiger charge is 2.38. The molecule has 94 valence electrons. The van der Waals surface area contributed by atoms with Crippen LogP contribution in [0.3, 0.4) is 0 Å². The summed E-state index contributed by atoms with van der Waals surface area (Å²) < 4.78 is 5.38. The highest BCUT2D eigenvalue weighted by atomic mass is 16.5. The molecule has 1 amide bonds. The number of carbonyl (C=O) groups excluding carboxylic acids is 1. The SMILES string of the molecule is O=C(NN1CCCC1)C1NNC2=CCOCC21. The van der Waals surface area contributed by atoms with E-state index in [1.54, 1.807) is 0 Å². The zero-order valence-corrected chi connectivity index (χ0v) is 9.74. The van der Waals surface area contributed by atoms with E-state index in [1.807, 2.05) is 11.1 Å². The lowest BCUT2D eigenvalue weighted by molar-refractivity contribution is -0.128. The van der Waals surface area contributed by atoms with Crippen molar-refractivity contribution in [2.24, 2.45) is 5.92 Å². The summed E-state index contributed by atoms with van der Waals surface area (Å²) in [4.78, 5) is 12.1. The molecular formula is C11H18N4O2. The first kappa shape index (κ1) is 11.0. The summed E-state index contributed by atoms with van der Waals surface area (Å²) in [6, 6.07) is -0.234. The maximum absolute atomic E-state index is 12.1. The van der Waals surface area contributed by atoms with Gasteiger partial charge in [-0.05, 0) is 18.9 Å². The molecule has 0 aromatic carbocycles. The first-order valence-corrected chi connectivity index (χ1v) is 6.19. The fraction of sp³-hybridized carbons (Fsp3) is 0.727. The molecule has 0 spiro atoms. The van der Waals surface area contributed by atoms with Gasteiger partial charge in [0.25, 0.3) is 5.91 Å².